The Balaban J connectivity index is 0.00000312. The normalized spacial score (nSPS) is 13.6. The van der Waals surface area contributed by atoms with Crippen molar-refractivity contribution >= 4 is 41.5 Å². The predicted molar refractivity (Wildman–Crippen MR) is 110 cm³/mol. The summed E-state index contributed by atoms with van der Waals surface area (Å²) >= 11 is 0. The summed E-state index contributed by atoms with van der Waals surface area (Å²) in [4.78, 5) is 18.4. The molecule has 8 heteroatoms. The molecule has 1 heterocycles. The average Bonchev–Trinajstić information content (AvgIpc) is 2.60. The van der Waals surface area contributed by atoms with E-state index in [1.807, 2.05) is 31.2 Å². The molecule has 140 valence electrons. The van der Waals surface area contributed by atoms with Crippen molar-refractivity contribution in [1.29, 1.82) is 0 Å². The summed E-state index contributed by atoms with van der Waals surface area (Å²) in [5.41, 5.74) is 0.836. The highest BCUT2D eigenvalue weighted by atomic mass is 127. The van der Waals surface area contributed by atoms with E-state index in [0.29, 0.717) is 26.2 Å². The third-order valence-electron chi connectivity index (χ3n) is 3.56. The molecule has 2 N–H and O–H groups in total. The SMILES string of the molecule is CCNC(=NCCCN1C(=O)COc2ccccc21)NCCOC.I. The Kier molecular flexibility index (Phi) is 10.2. The summed E-state index contributed by atoms with van der Waals surface area (Å²) in [6.45, 7) is 5.52. The molecule has 1 aliphatic heterocycles. The number of nitrogens with zero attached hydrogens (tertiary/aromatic N) is 2. The van der Waals surface area contributed by atoms with Crippen LogP contribution in [0.3, 0.4) is 0 Å². The number of amides is 1. The highest BCUT2D eigenvalue weighted by Crippen LogP contribution is 2.31. The molecule has 0 radical (unpaired) electrons. The molecule has 1 aliphatic rings. The molecule has 0 fully saturated rings. The van der Waals surface area contributed by atoms with Crippen molar-refractivity contribution in [3.63, 3.8) is 0 Å². The van der Waals surface area contributed by atoms with Gasteiger partial charge >= 0.3 is 0 Å². The predicted octanol–water partition coefficient (Wildman–Crippen LogP) is 1.62. The fraction of sp³-hybridized carbons (Fsp3) is 0.529. The number of rotatable bonds is 8. The van der Waals surface area contributed by atoms with Crippen LogP contribution in [0.15, 0.2) is 29.3 Å². The van der Waals surface area contributed by atoms with Crippen LogP contribution in [0.25, 0.3) is 0 Å². The van der Waals surface area contributed by atoms with Crippen molar-refractivity contribution in [3.05, 3.63) is 24.3 Å². The number of carbonyl (C=O) groups is 1. The lowest BCUT2D eigenvalue weighted by Crippen LogP contribution is -2.40. The second kappa shape index (κ2) is 11.9. The number of halogens is 1. The van der Waals surface area contributed by atoms with Crippen molar-refractivity contribution in [2.45, 2.75) is 13.3 Å². The molecular formula is C17H27IN4O3. The summed E-state index contributed by atoms with van der Waals surface area (Å²) in [5.74, 6) is 1.52. The number of aliphatic imine (C=N–C) groups is 1. The minimum absolute atomic E-state index is 0. The number of carbonyl (C=O) groups excluding carboxylic acids is 1. The quantitative estimate of drug-likeness (QED) is 0.266. The number of guanidine groups is 1. The van der Waals surface area contributed by atoms with E-state index in [9.17, 15) is 4.79 Å². The third-order valence-corrected chi connectivity index (χ3v) is 3.56. The smallest absolute Gasteiger partial charge is 0.265 e. The maximum atomic E-state index is 12.1. The Morgan fingerprint density at radius 1 is 1.36 bits per heavy atom. The van der Waals surface area contributed by atoms with Gasteiger partial charge in [-0.25, -0.2) is 0 Å². The van der Waals surface area contributed by atoms with Crippen molar-refractivity contribution < 1.29 is 14.3 Å². The zero-order valence-corrected chi connectivity index (χ0v) is 17.1. The van der Waals surface area contributed by atoms with E-state index in [0.717, 1.165) is 30.4 Å². The monoisotopic (exact) mass is 462 g/mol. The van der Waals surface area contributed by atoms with Crippen LogP contribution in [0, 0.1) is 0 Å². The number of hydrogen-bond donors (Lipinski definition) is 2. The van der Waals surface area contributed by atoms with Crippen molar-refractivity contribution in [2.75, 3.05) is 51.4 Å². The number of anilines is 1. The molecule has 0 unspecified atom stereocenters. The summed E-state index contributed by atoms with van der Waals surface area (Å²) in [7, 11) is 1.67. The first-order valence-corrected chi connectivity index (χ1v) is 8.29. The summed E-state index contributed by atoms with van der Waals surface area (Å²) < 4.78 is 10.5. The maximum Gasteiger partial charge on any atom is 0.265 e. The van der Waals surface area contributed by atoms with Crippen LogP contribution in [0.2, 0.25) is 0 Å². The van der Waals surface area contributed by atoms with E-state index in [1.165, 1.54) is 0 Å². The first-order chi connectivity index (χ1) is 11.8. The van der Waals surface area contributed by atoms with Gasteiger partial charge in [0.2, 0.25) is 0 Å². The molecule has 0 spiro atoms. The van der Waals surface area contributed by atoms with Crippen LogP contribution in [0.4, 0.5) is 5.69 Å². The standard InChI is InChI=1S/C17H26N4O3.HI/c1-3-18-17(20-10-12-23-2)19-9-6-11-21-14-7-4-5-8-15(14)24-13-16(21)22;/h4-5,7-8H,3,6,9-13H2,1-2H3,(H2,18,19,20);1H. The number of benzene rings is 1. The Hall–Kier alpha value is -1.55. The molecule has 1 aromatic carbocycles. The molecule has 7 nitrogen and oxygen atoms in total. The molecule has 0 saturated carbocycles. The zero-order valence-electron chi connectivity index (χ0n) is 14.8. The first kappa shape index (κ1) is 21.5. The molecule has 0 aliphatic carbocycles. The highest BCUT2D eigenvalue weighted by molar-refractivity contribution is 14.0. The van der Waals surface area contributed by atoms with Gasteiger partial charge in [0.25, 0.3) is 5.91 Å². The van der Waals surface area contributed by atoms with E-state index < -0.39 is 0 Å². The lowest BCUT2D eigenvalue weighted by Gasteiger charge is -2.29. The number of methoxy groups -OCH3 is 1. The van der Waals surface area contributed by atoms with E-state index in [-0.39, 0.29) is 36.5 Å². The van der Waals surface area contributed by atoms with Crippen LogP contribution in [0.1, 0.15) is 13.3 Å². The second-order valence-electron chi connectivity index (χ2n) is 5.34. The Labute approximate surface area is 166 Å². The third kappa shape index (κ3) is 6.69. The number of nitrogens with one attached hydrogen (secondary N) is 2. The van der Waals surface area contributed by atoms with E-state index >= 15 is 0 Å². The topological polar surface area (TPSA) is 75.2 Å². The Bertz CT molecular complexity index is 569. The minimum atomic E-state index is -0.0113. The molecule has 25 heavy (non-hydrogen) atoms. The molecule has 2 rings (SSSR count). The lowest BCUT2D eigenvalue weighted by atomic mass is 10.2. The van der Waals surface area contributed by atoms with Crippen LogP contribution in [-0.2, 0) is 9.53 Å². The number of fused-ring (bicyclic) bond motifs is 1. The van der Waals surface area contributed by atoms with Crippen molar-refractivity contribution in [2.24, 2.45) is 4.99 Å². The maximum absolute atomic E-state index is 12.1. The van der Waals surface area contributed by atoms with Gasteiger partial charge in [-0.15, -0.1) is 24.0 Å². The second-order valence-corrected chi connectivity index (χ2v) is 5.34. The zero-order chi connectivity index (χ0) is 17.2. The number of hydrogen-bond acceptors (Lipinski definition) is 4. The average molecular weight is 462 g/mol. The van der Waals surface area contributed by atoms with Gasteiger partial charge < -0.3 is 25.0 Å². The Morgan fingerprint density at radius 2 is 2.16 bits per heavy atom. The molecule has 0 bridgehead atoms. The molecule has 0 saturated heterocycles. The summed E-state index contributed by atoms with van der Waals surface area (Å²) in [5, 5.41) is 6.38. The van der Waals surface area contributed by atoms with Crippen molar-refractivity contribution in [3.8, 4) is 5.75 Å². The van der Waals surface area contributed by atoms with Gasteiger partial charge in [-0.05, 0) is 25.5 Å². The molecule has 0 aromatic heterocycles. The van der Waals surface area contributed by atoms with E-state index in [1.54, 1.807) is 12.0 Å². The molecule has 1 aromatic rings. The molecule has 1 amide bonds. The van der Waals surface area contributed by atoms with Gasteiger partial charge in [0, 0.05) is 33.3 Å². The fourth-order valence-electron chi connectivity index (χ4n) is 2.43. The van der Waals surface area contributed by atoms with Crippen molar-refractivity contribution in [1.82, 2.24) is 10.6 Å². The fourth-order valence-corrected chi connectivity index (χ4v) is 2.43. The van der Waals surface area contributed by atoms with Gasteiger partial charge in [-0.1, -0.05) is 12.1 Å². The number of para-hydroxylation sites is 2. The van der Waals surface area contributed by atoms with Gasteiger partial charge in [-0.2, -0.15) is 0 Å². The summed E-state index contributed by atoms with van der Waals surface area (Å²) in [6, 6.07) is 7.61. The van der Waals surface area contributed by atoms with E-state index in [4.69, 9.17) is 9.47 Å². The van der Waals surface area contributed by atoms with Gasteiger partial charge in [0.15, 0.2) is 12.6 Å². The summed E-state index contributed by atoms with van der Waals surface area (Å²) in [6.07, 6.45) is 0.779. The van der Waals surface area contributed by atoms with Crippen LogP contribution in [0.5, 0.6) is 5.75 Å². The van der Waals surface area contributed by atoms with E-state index in [2.05, 4.69) is 15.6 Å². The van der Waals surface area contributed by atoms with Gasteiger partial charge in [0.1, 0.15) is 5.75 Å². The number of ether oxygens (including phenoxy) is 2. The van der Waals surface area contributed by atoms with Crippen LogP contribution >= 0.6 is 24.0 Å². The van der Waals surface area contributed by atoms with Crippen LogP contribution in [-0.4, -0.2) is 58.4 Å². The minimum Gasteiger partial charge on any atom is -0.482 e. The largest absolute Gasteiger partial charge is 0.482 e. The molecule has 0 atom stereocenters. The Morgan fingerprint density at radius 3 is 2.92 bits per heavy atom. The van der Waals surface area contributed by atoms with Crippen LogP contribution < -0.4 is 20.3 Å². The van der Waals surface area contributed by atoms with Gasteiger partial charge in [-0.3, -0.25) is 9.79 Å². The lowest BCUT2D eigenvalue weighted by molar-refractivity contribution is -0.121. The highest BCUT2D eigenvalue weighted by Gasteiger charge is 2.24. The van der Waals surface area contributed by atoms with Gasteiger partial charge in [0.05, 0.1) is 12.3 Å². The first-order valence-electron chi connectivity index (χ1n) is 8.29. The molecular weight excluding hydrogens is 435 g/mol.